The smallest absolute Gasteiger partial charge is 0.249 e. The lowest BCUT2D eigenvalue weighted by Gasteiger charge is -2.33. The fourth-order valence-corrected chi connectivity index (χ4v) is 3.68. The summed E-state index contributed by atoms with van der Waals surface area (Å²) in [5.74, 6) is -0.181. The van der Waals surface area contributed by atoms with Crippen LogP contribution in [-0.2, 0) is 9.53 Å². The van der Waals surface area contributed by atoms with E-state index in [4.69, 9.17) is 4.74 Å². The van der Waals surface area contributed by atoms with Gasteiger partial charge in [0.2, 0.25) is 5.91 Å². The standard InChI is InChI=1S/C20H27FN2O2/c1-16(15-17-3-5-18(21)6-4-17)20(24)23-10-2-9-22(11-12-23)19-7-13-25-14-8-19/h3-6,15,19H,2,7-14H2,1H3/b16-15-. The third-order valence-corrected chi connectivity index (χ3v) is 5.12. The molecule has 0 aromatic heterocycles. The molecule has 136 valence electrons. The van der Waals surface area contributed by atoms with E-state index in [0.29, 0.717) is 11.6 Å². The van der Waals surface area contributed by atoms with Gasteiger partial charge in [-0.25, -0.2) is 4.39 Å². The van der Waals surface area contributed by atoms with Gasteiger partial charge in [0, 0.05) is 51.0 Å². The predicted octanol–water partition coefficient (Wildman–Crippen LogP) is 2.94. The van der Waals surface area contributed by atoms with Crippen LogP contribution in [-0.4, -0.2) is 61.1 Å². The van der Waals surface area contributed by atoms with Crippen LogP contribution in [0.15, 0.2) is 29.8 Å². The minimum absolute atomic E-state index is 0.0816. The van der Waals surface area contributed by atoms with E-state index in [1.807, 2.05) is 17.9 Å². The lowest BCUT2D eigenvalue weighted by Crippen LogP contribution is -2.42. The predicted molar refractivity (Wildman–Crippen MR) is 96.7 cm³/mol. The van der Waals surface area contributed by atoms with Crippen molar-refractivity contribution in [2.75, 3.05) is 39.4 Å². The van der Waals surface area contributed by atoms with Crippen LogP contribution >= 0.6 is 0 Å². The second-order valence-corrected chi connectivity index (χ2v) is 6.90. The first kappa shape index (κ1) is 18.1. The molecule has 0 bridgehead atoms. The summed E-state index contributed by atoms with van der Waals surface area (Å²) in [5.41, 5.74) is 1.55. The lowest BCUT2D eigenvalue weighted by molar-refractivity contribution is -0.126. The van der Waals surface area contributed by atoms with Crippen molar-refractivity contribution < 1.29 is 13.9 Å². The van der Waals surface area contributed by atoms with E-state index in [-0.39, 0.29) is 11.7 Å². The summed E-state index contributed by atoms with van der Waals surface area (Å²) < 4.78 is 18.5. The minimum Gasteiger partial charge on any atom is -0.381 e. The Balaban J connectivity index is 1.59. The number of benzene rings is 1. The van der Waals surface area contributed by atoms with Crippen LogP contribution in [0.4, 0.5) is 4.39 Å². The summed E-state index contributed by atoms with van der Waals surface area (Å²) in [7, 11) is 0. The van der Waals surface area contributed by atoms with E-state index >= 15 is 0 Å². The maximum Gasteiger partial charge on any atom is 0.249 e. The van der Waals surface area contributed by atoms with Gasteiger partial charge in [0.05, 0.1) is 0 Å². The maximum absolute atomic E-state index is 13.0. The van der Waals surface area contributed by atoms with Crippen LogP contribution < -0.4 is 0 Å². The van der Waals surface area contributed by atoms with Gasteiger partial charge < -0.3 is 9.64 Å². The number of carbonyl (C=O) groups excluding carboxylic acids is 1. The molecule has 0 atom stereocenters. The molecule has 1 aromatic rings. The molecule has 2 aliphatic heterocycles. The van der Waals surface area contributed by atoms with Gasteiger partial charge in [-0.2, -0.15) is 0 Å². The number of halogens is 1. The SMILES string of the molecule is C/C(=C/c1ccc(F)cc1)C(=O)N1CCCN(C2CCOCC2)CC1. The van der Waals surface area contributed by atoms with Crippen molar-refractivity contribution >= 4 is 12.0 Å². The Labute approximate surface area is 149 Å². The fraction of sp³-hybridized carbons (Fsp3) is 0.550. The van der Waals surface area contributed by atoms with Crippen LogP contribution in [0.1, 0.15) is 31.7 Å². The number of hydrogen-bond donors (Lipinski definition) is 0. The summed E-state index contributed by atoms with van der Waals surface area (Å²) in [5, 5.41) is 0. The maximum atomic E-state index is 13.0. The summed E-state index contributed by atoms with van der Waals surface area (Å²) in [4.78, 5) is 17.2. The van der Waals surface area contributed by atoms with E-state index in [1.54, 1.807) is 12.1 Å². The third kappa shape index (κ3) is 4.89. The Morgan fingerprint density at radius 3 is 2.56 bits per heavy atom. The van der Waals surface area contributed by atoms with Gasteiger partial charge in [-0.1, -0.05) is 12.1 Å². The highest BCUT2D eigenvalue weighted by atomic mass is 19.1. The number of rotatable bonds is 3. The number of amides is 1. The number of ether oxygens (including phenoxy) is 1. The molecule has 5 heteroatoms. The van der Waals surface area contributed by atoms with Crippen molar-refractivity contribution in [3.05, 3.63) is 41.2 Å². The first-order valence-electron chi connectivity index (χ1n) is 9.18. The van der Waals surface area contributed by atoms with Gasteiger partial charge in [0.25, 0.3) is 0 Å². The molecule has 1 aromatic carbocycles. The molecule has 2 fully saturated rings. The molecule has 25 heavy (non-hydrogen) atoms. The average Bonchev–Trinajstić information content (AvgIpc) is 2.90. The van der Waals surface area contributed by atoms with E-state index in [2.05, 4.69) is 4.90 Å². The quantitative estimate of drug-likeness (QED) is 0.789. The van der Waals surface area contributed by atoms with Crippen LogP contribution in [0.2, 0.25) is 0 Å². The third-order valence-electron chi connectivity index (χ3n) is 5.12. The topological polar surface area (TPSA) is 32.8 Å². The van der Waals surface area contributed by atoms with E-state index in [9.17, 15) is 9.18 Å². The van der Waals surface area contributed by atoms with E-state index in [1.165, 1.54) is 12.1 Å². The Morgan fingerprint density at radius 2 is 1.84 bits per heavy atom. The molecule has 2 heterocycles. The Hall–Kier alpha value is -1.72. The molecule has 0 radical (unpaired) electrons. The van der Waals surface area contributed by atoms with E-state index in [0.717, 1.165) is 64.2 Å². The first-order valence-corrected chi connectivity index (χ1v) is 9.18. The number of hydrogen-bond acceptors (Lipinski definition) is 3. The molecule has 0 saturated carbocycles. The van der Waals surface area contributed by atoms with Gasteiger partial charge in [-0.3, -0.25) is 9.69 Å². The number of carbonyl (C=O) groups is 1. The molecule has 1 amide bonds. The molecule has 2 saturated heterocycles. The zero-order valence-electron chi connectivity index (χ0n) is 14.9. The molecule has 4 nitrogen and oxygen atoms in total. The monoisotopic (exact) mass is 346 g/mol. The van der Waals surface area contributed by atoms with Crippen molar-refractivity contribution in [2.45, 2.75) is 32.2 Å². The largest absolute Gasteiger partial charge is 0.381 e. The molecule has 0 spiro atoms. The highest BCUT2D eigenvalue weighted by Gasteiger charge is 2.25. The highest BCUT2D eigenvalue weighted by Crippen LogP contribution is 2.18. The second-order valence-electron chi connectivity index (χ2n) is 6.90. The summed E-state index contributed by atoms with van der Waals surface area (Å²) in [6, 6.07) is 6.82. The average molecular weight is 346 g/mol. The van der Waals surface area contributed by atoms with Crippen molar-refractivity contribution in [3.8, 4) is 0 Å². The molecule has 2 aliphatic rings. The zero-order chi connectivity index (χ0) is 17.6. The van der Waals surface area contributed by atoms with Crippen LogP contribution in [0.5, 0.6) is 0 Å². The van der Waals surface area contributed by atoms with Gasteiger partial charge in [0.15, 0.2) is 0 Å². The van der Waals surface area contributed by atoms with Gasteiger partial charge >= 0.3 is 0 Å². The normalized spacial score (nSPS) is 21.2. The number of nitrogens with zero attached hydrogens (tertiary/aromatic N) is 2. The van der Waals surface area contributed by atoms with Crippen molar-refractivity contribution in [1.82, 2.24) is 9.80 Å². The summed E-state index contributed by atoms with van der Waals surface area (Å²) in [6.07, 6.45) is 5.03. The molecule has 0 aliphatic carbocycles. The van der Waals surface area contributed by atoms with Crippen LogP contribution in [0.3, 0.4) is 0 Å². The second kappa shape index (κ2) is 8.59. The Morgan fingerprint density at radius 1 is 1.12 bits per heavy atom. The molecule has 0 unspecified atom stereocenters. The summed E-state index contributed by atoms with van der Waals surface area (Å²) in [6.45, 7) is 7.09. The molecular formula is C20H27FN2O2. The van der Waals surface area contributed by atoms with Crippen molar-refractivity contribution in [2.24, 2.45) is 0 Å². The fourth-order valence-electron chi connectivity index (χ4n) is 3.68. The van der Waals surface area contributed by atoms with Gasteiger partial charge in [-0.05, 0) is 50.0 Å². The zero-order valence-corrected chi connectivity index (χ0v) is 14.9. The van der Waals surface area contributed by atoms with Crippen molar-refractivity contribution in [3.63, 3.8) is 0 Å². The minimum atomic E-state index is -0.262. The van der Waals surface area contributed by atoms with Gasteiger partial charge in [-0.15, -0.1) is 0 Å². The van der Waals surface area contributed by atoms with Crippen LogP contribution in [0.25, 0.3) is 6.08 Å². The summed E-state index contributed by atoms with van der Waals surface area (Å²) >= 11 is 0. The lowest BCUT2D eigenvalue weighted by atomic mass is 10.1. The molecular weight excluding hydrogens is 319 g/mol. The van der Waals surface area contributed by atoms with Gasteiger partial charge in [0.1, 0.15) is 5.82 Å². The van der Waals surface area contributed by atoms with E-state index < -0.39 is 0 Å². The first-order chi connectivity index (χ1) is 12.1. The highest BCUT2D eigenvalue weighted by molar-refractivity contribution is 5.97. The van der Waals surface area contributed by atoms with Crippen molar-refractivity contribution in [1.29, 1.82) is 0 Å². The Kier molecular flexibility index (Phi) is 6.21. The van der Waals surface area contributed by atoms with Crippen LogP contribution in [0, 0.1) is 5.82 Å². The molecule has 0 N–H and O–H groups in total. The molecule has 3 rings (SSSR count). The Bertz CT molecular complexity index is 609.